The van der Waals surface area contributed by atoms with Crippen LogP contribution < -0.4 is 9.80 Å². The molecular weight excluding hydrogens is 384 g/mol. The van der Waals surface area contributed by atoms with Crippen LogP contribution in [0, 0.1) is 11.8 Å². The molecule has 8 heteroatoms. The molecule has 5 nitrogen and oxygen atoms in total. The van der Waals surface area contributed by atoms with Crippen molar-refractivity contribution in [3.8, 4) is 0 Å². The van der Waals surface area contributed by atoms with Gasteiger partial charge in [0.1, 0.15) is 10.6 Å². The van der Waals surface area contributed by atoms with Crippen LogP contribution in [0.15, 0.2) is 35.2 Å². The number of hydrogen-bond donors (Lipinski definition) is 0. The Kier molecular flexibility index (Phi) is 4.99. The second-order valence-electron chi connectivity index (χ2n) is 7.48. The zero-order chi connectivity index (χ0) is 19.9. The molecule has 2 aliphatic heterocycles. The molecule has 4 rings (SSSR count). The zero-order valence-corrected chi connectivity index (χ0v) is 16.6. The average Bonchev–Trinajstić information content (AvgIpc) is 2.67. The summed E-state index contributed by atoms with van der Waals surface area (Å²) in [5.41, 5.74) is 0.641. The molecule has 0 unspecified atom stereocenters. The summed E-state index contributed by atoms with van der Waals surface area (Å²) in [4.78, 5) is 6.61. The lowest BCUT2D eigenvalue weighted by Gasteiger charge is -2.36. The van der Waals surface area contributed by atoms with E-state index < -0.39 is 26.5 Å². The van der Waals surface area contributed by atoms with E-state index in [0.717, 1.165) is 24.8 Å². The second-order valence-corrected chi connectivity index (χ2v) is 9.53. The molecular formula is C20H23F2N3O2S. The van der Waals surface area contributed by atoms with Crippen molar-refractivity contribution in [3.05, 3.63) is 47.7 Å². The maximum absolute atomic E-state index is 15.4. The second kappa shape index (κ2) is 7.31. The number of hydrogen-bond acceptors (Lipinski definition) is 5. The lowest BCUT2D eigenvalue weighted by atomic mass is 10.0. The Bertz CT molecular complexity index is 983. The fourth-order valence-corrected chi connectivity index (χ4v) is 5.60. The van der Waals surface area contributed by atoms with Crippen LogP contribution >= 0.6 is 0 Å². The number of sulfone groups is 1. The predicted molar refractivity (Wildman–Crippen MR) is 104 cm³/mol. The maximum atomic E-state index is 15.4. The highest BCUT2D eigenvalue weighted by Gasteiger charge is 2.38. The highest BCUT2D eigenvalue weighted by atomic mass is 32.2. The zero-order valence-electron chi connectivity index (χ0n) is 15.7. The van der Waals surface area contributed by atoms with Gasteiger partial charge in [-0.15, -0.1) is 0 Å². The molecule has 1 fully saturated rings. The summed E-state index contributed by atoms with van der Waals surface area (Å²) in [5.74, 6) is -2.29. The lowest BCUT2D eigenvalue weighted by Crippen LogP contribution is -2.41. The normalized spacial score (nSPS) is 21.5. The van der Waals surface area contributed by atoms with Gasteiger partial charge in [-0.05, 0) is 31.7 Å². The Hall–Kier alpha value is -2.22. The van der Waals surface area contributed by atoms with Crippen LogP contribution in [0.5, 0.6) is 0 Å². The Labute approximate surface area is 163 Å². The third-order valence-electron chi connectivity index (χ3n) is 5.56. The molecule has 1 aromatic carbocycles. The van der Waals surface area contributed by atoms with Crippen LogP contribution in [-0.2, 0) is 16.4 Å². The van der Waals surface area contributed by atoms with Crippen LogP contribution in [0.1, 0.15) is 31.7 Å². The van der Waals surface area contributed by atoms with Gasteiger partial charge in [-0.1, -0.05) is 30.3 Å². The number of fused-ring (bicyclic) bond motifs is 1. The molecule has 1 aromatic heterocycles. The van der Waals surface area contributed by atoms with Crippen LogP contribution in [0.4, 0.5) is 20.3 Å². The third kappa shape index (κ3) is 3.34. The first-order valence-corrected chi connectivity index (χ1v) is 11.2. The molecule has 0 N–H and O–H groups in total. The molecule has 150 valence electrons. The molecule has 2 aromatic rings. The number of pyridine rings is 1. The summed E-state index contributed by atoms with van der Waals surface area (Å²) in [6, 6.07) is 9.30. The summed E-state index contributed by atoms with van der Waals surface area (Å²) < 4.78 is 55.9. The average molecular weight is 407 g/mol. The van der Waals surface area contributed by atoms with Crippen molar-refractivity contribution >= 4 is 21.3 Å². The monoisotopic (exact) mass is 407 g/mol. The first-order valence-electron chi connectivity index (χ1n) is 9.56. The molecule has 0 bridgehead atoms. The molecule has 0 radical (unpaired) electrons. The maximum Gasteiger partial charge on any atom is 0.239 e. The van der Waals surface area contributed by atoms with Crippen molar-refractivity contribution < 1.29 is 17.2 Å². The van der Waals surface area contributed by atoms with Crippen molar-refractivity contribution in [3.63, 3.8) is 0 Å². The van der Waals surface area contributed by atoms with Gasteiger partial charge in [0.25, 0.3) is 0 Å². The van der Waals surface area contributed by atoms with E-state index in [2.05, 4.69) is 4.98 Å². The summed E-state index contributed by atoms with van der Waals surface area (Å²) in [6.45, 7) is 2.85. The smallest absolute Gasteiger partial charge is 0.239 e. The van der Waals surface area contributed by atoms with Gasteiger partial charge < -0.3 is 9.80 Å². The van der Waals surface area contributed by atoms with Crippen molar-refractivity contribution in [1.82, 2.24) is 4.98 Å². The minimum absolute atomic E-state index is 0.0140. The third-order valence-corrected chi connectivity index (χ3v) is 7.27. The topological polar surface area (TPSA) is 53.5 Å². The Morgan fingerprint density at radius 1 is 1.14 bits per heavy atom. The van der Waals surface area contributed by atoms with Gasteiger partial charge in [-0.3, -0.25) is 0 Å². The molecule has 0 spiro atoms. The molecule has 3 heterocycles. The minimum atomic E-state index is -3.92. The van der Waals surface area contributed by atoms with Crippen molar-refractivity contribution in [2.75, 3.05) is 28.6 Å². The van der Waals surface area contributed by atoms with Crippen molar-refractivity contribution in [2.45, 2.75) is 43.7 Å². The SMILES string of the molecule is C[C@H]1CCCCN1c1nc(F)c2c(c1F)S(=O)(=O)CCN2Cc1ccccc1. The summed E-state index contributed by atoms with van der Waals surface area (Å²) in [7, 11) is -3.92. The van der Waals surface area contributed by atoms with Gasteiger partial charge in [0, 0.05) is 25.7 Å². The molecule has 2 aliphatic rings. The molecule has 0 aliphatic carbocycles. The molecule has 0 amide bonds. The Morgan fingerprint density at radius 2 is 1.89 bits per heavy atom. The highest BCUT2D eigenvalue weighted by Crippen LogP contribution is 2.39. The van der Waals surface area contributed by atoms with E-state index in [0.29, 0.717) is 13.1 Å². The number of benzene rings is 1. The summed E-state index contributed by atoms with van der Waals surface area (Å²) in [5, 5.41) is 0. The Morgan fingerprint density at radius 3 is 2.61 bits per heavy atom. The van der Waals surface area contributed by atoms with E-state index in [1.807, 2.05) is 37.3 Å². The predicted octanol–water partition coefficient (Wildman–Crippen LogP) is 3.53. The fraction of sp³-hybridized carbons (Fsp3) is 0.450. The fourth-order valence-electron chi connectivity index (χ4n) is 4.06. The quantitative estimate of drug-likeness (QED) is 0.729. The first kappa shape index (κ1) is 19.1. The standard InChI is InChI=1S/C20H23F2N3O2S/c1-14-7-5-6-10-25(14)20-16(21)18-17(19(22)23-20)24(11-12-28(18,26)27)13-15-8-3-2-4-9-15/h2-4,8-9,14H,5-7,10-13H2,1H3/t14-/m0/s1. The van der Waals surface area contributed by atoms with Gasteiger partial charge in [-0.25, -0.2) is 12.8 Å². The number of anilines is 2. The van der Waals surface area contributed by atoms with E-state index >= 15 is 8.78 Å². The van der Waals surface area contributed by atoms with E-state index in [9.17, 15) is 8.42 Å². The van der Waals surface area contributed by atoms with E-state index in [-0.39, 0.29) is 29.8 Å². The Balaban J connectivity index is 1.82. The van der Waals surface area contributed by atoms with Crippen molar-refractivity contribution in [2.24, 2.45) is 0 Å². The van der Waals surface area contributed by atoms with Crippen LogP contribution in [0.25, 0.3) is 0 Å². The van der Waals surface area contributed by atoms with Crippen LogP contribution in [0.2, 0.25) is 0 Å². The van der Waals surface area contributed by atoms with E-state index in [1.165, 1.54) is 0 Å². The number of nitrogens with zero attached hydrogens (tertiary/aromatic N) is 3. The van der Waals surface area contributed by atoms with Gasteiger partial charge in [-0.2, -0.15) is 9.37 Å². The first-order chi connectivity index (χ1) is 13.4. The van der Waals surface area contributed by atoms with Crippen LogP contribution in [0.3, 0.4) is 0 Å². The van der Waals surface area contributed by atoms with Gasteiger partial charge in [0.05, 0.1) is 5.75 Å². The van der Waals surface area contributed by atoms with Gasteiger partial charge in [0.2, 0.25) is 5.95 Å². The molecule has 28 heavy (non-hydrogen) atoms. The van der Waals surface area contributed by atoms with Crippen LogP contribution in [-0.4, -0.2) is 38.3 Å². The van der Waals surface area contributed by atoms with Crippen molar-refractivity contribution in [1.29, 1.82) is 0 Å². The summed E-state index contributed by atoms with van der Waals surface area (Å²) >= 11 is 0. The minimum Gasteiger partial charge on any atom is -0.361 e. The van der Waals surface area contributed by atoms with E-state index in [4.69, 9.17) is 0 Å². The lowest BCUT2D eigenvalue weighted by molar-refractivity contribution is 0.456. The molecule has 0 saturated carbocycles. The number of piperidine rings is 1. The van der Waals surface area contributed by atoms with E-state index in [1.54, 1.807) is 9.80 Å². The molecule has 1 atom stereocenters. The largest absolute Gasteiger partial charge is 0.361 e. The van der Waals surface area contributed by atoms with Gasteiger partial charge in [0.15, 0.2) is 21.5 Å². The van der Waals surface area contributed by atoms with Gasteiger partial charge >= 0.3 is 0 Å². The molecule has 1 saturated heterocycles. The summed E-state index contributed by atoms with van der Waals surface area (Å²) in [6.07, 6.45) is 2.69. The number of aromatic nitrogens is 1. The number of rotatable bonds is 3. The highest BCUT2D eigenvalue weighted by molar-refractivity contribution is 7.91. The number of halogens is 2.